The molecule has 35 heavy (non-hydrogen) atoms. The van der Waals surface area contributed by atoms with Gasteiger partial charge in [0, 0.05) is 45.2 Å². The minimum Gasteiger partial charge on any atom is -0.378 e. The lowest BCUT2D eigenvalue weighted by Gasteiger charge is -2.27. The Labute approximate surface area is 219 Å². The fraction of sp³-hybridized carbons (Fsp3) is 0.240. The van der Waals surface area contributed by atoms with Crippen molar-refractivity contribution in [3.8, 4) is 0 Å². The van der Waals surface area contributed by atoms with Crippen LogP contribution in [0.25, 0.3) is 17.0 Å². The first-order chi connectivity index (χ1) is 16.9. The highest BCUT2D eigenvalue weighted by Gasteiger charge is 2.35. The largest absolute Gasteiger partial charge is 0.378 e. The average Bonchev–Trinajstić information content (AvgIpc) is 3.32. The smallest absolute Gasteiger partial charge is 0.293 e. The molecule has 2 aliphatic heterocycles. The molecule has 0 saturated carbocycles. The summed E-state index contributed by atoms with van der Waals surface area (Å²) in [4.78, 5) is 42.0. The van der Waals surface area contributed by atoms with Crippen LogP contribution in [-0.2, 0) is 27.4 Å². The number of hydrogen-bond acceptors (Lipinski definition) is 5. The molecule has 180 valence electrons. The summed E-state index contributed by atoms with van der Waals surface area (Å²) in [5, 5.41) is 1.17. The average molecular weight is 575 g/mol. The number of aromatic nitrogens is 1. The lowest BCUT2D eigenvalue weighted by molar-refractivity contribution is -0.135. The zero-order chi connectivity index (χ0) is 24.5. The number of imide groups is 1. The van der Waals surface area contributed by atoms with Crippen molar-refractivity contribution in [2.75, 3.05) is 26.3 Å². The number of morpholine rings is 1. The van der Waals surface area contributed by atoms with Crippen LogP contribution in [0.2, 0.25) is 5.02 Å². The van der Waals surface area contributed by atoms with Crippen LogP contribution in [0.4, 0.5) is 4.79 Å². The molecule has 0 N–H and O–H groups in total. The van der Waals surface area contributed by atoms with Crippen molar-refractivity contribution in [2.24, 2.45) is 0 Å². The second-order valence-electron chi connectivity index (χ2n) is 8.26. The van der Waals surface area contributed by atoms with E-state index in [2.05, 4.69) is 15.9 Å². The maximum absolute atomic E-state index is 13.1. The lowest BCUT2D eigenvalue weighted by Crippen LogP contribution is -2.42. The molecule has 3 amide bonds. The van der Waals surface area contributed by atoms with E-state index < -0.39 is 0 Å². The molecule has 0 aliphatic carbocycles. The maximum Gasteiger partial charge on any atom is 0.293 e. The summed E-state index contributed by atoms with van der Waals surface area (Å²) >= 11 is 10.4. The Bertz CT molecular complexity index is 1350. The molecule has 3 heterocycles. The van der Waals surface area contributed by atoms with Gasteiger partial charge in [-0.05, 0) is 53.7 Å². The van der Waals surface area contributed by atoms with Crippen LogP contribution in [0, 0.1) is 0 Å². The number of amides is 3. The number of carbonyl (C=O) groups is 3. The zero-order valence-corrected chi connectivity index (χ0v) is 21.7. The molecule has 0 atom stereocenters. The monoisotopic (exact) mass is 573 g/mol. The second-order valence-corrected chi connectivity index (χ2v) is 10.6. The van der Waals surface area contributed by atoms with Gasteiger partial charge in [-0.1, -0.05) is 39.7 Å². The van der Waals surface area contributed by atoms with E-state index in [9.17, 15) is 14.4 Å². The molecule has 7 nitrogen and oxygen atoms in total. The Morgan fingerprint density at radius 1 is 1.11 bits per heavy atom. The highest BCUT2D eigenvalue weighted by Crippen LogP contribution is 2.35. The molecule has 1 aromatic heterocycles. The molecule has 0 spiro atoms. The quantitative estimate of drug-likeness (QED) is 0.394. The Morgan fingerprint density at radius 2 is 1.86 bits per heavy atom. The van der Waals surface area contributed by atoms with Gasteiger partial charge in [-0.25, -0.2) is 0 Å². The summed E-state index contributed by atoms with van der Waals surface area (Å²) in [6, 6.07) is 12.9. The molecule has 2 saturated heterocycles. The summed E-state index contributed by atoms with van der Waals surface area (Å²) in [6.45, 7) is 2.61. The third-order valence-electron chi connectivity index (χ3n) is 5.96. The van der Waals surface area contributed by atoms with Gasteiger partial charge in [0.2, 0.25) is 5.91 Å². The number of rotatable bonds is 5. The van der Waals surface area contributed by atoms with Crippen molar-refractivity contribution in [3.05, 3.63) is 74.2 Å². The Hall–Kier alpha value is -2.59. The molecule has 5 rings (SSSR count). The molecule has 2 aliphatic rings. The highest BCUT2D eigenvalue weighted by atomic mass is 79.9. The van der Waals surface area contributed by atoms with E-state index in [4.69, 9.17) is 16.3 Å². The third-order valence-corrected chi connectivity index (χ3v) is 7.61. The molecule has 2 aromatic carbocycles. The number of hydrogen-bond donors (Lipinski definition) is 0. The minimum atomic E-state index is -0.338. The van der Waals surface area contributed by atoms with E-state index in [-0.39, 0.29) is 30.1 Å². The standard InChI is InChI=1S/C25H21BrClN3O4S/c26-18-3-6-21-20(12-18)17(14-29(21)15-23(31)28-7-9-34-10-8-28)11-22-24(32)30(25(33)35-22)13-16-1-4-19(27)5-2-16/h1-6,11-12,14H,7-10,13,15H2/b22-11-. The van der Waals surface area contributed by atoms with Crippen molar-refractivity contribution in [3.63, 3.8) is 0 Å². The zero-order valence-electron chi connectivity index (χ0n) is 18.6. The fourth-order valence-electron chi connectivity index (χ4n) is 4.15. The first-order valence-electron chi connectivity index (χ1n) is 11.0. The summed E-state index contributed by atoms with van der Waals surface area (Å²) in [5.41, 5.74) is 2.47. The predicted octanol–water partition coefficient (Wildman–Crippen LogP) is 5.15. The molecular weight excluding hydrogens is 554 g/mol. The van der Waals surface area contributed by atoms with Crippen LogP contribution in [-0.4, -0.2) is 57.7 Å². The van der Waals surface area contributed by atoms with Gasteiger partial charge in [0.05, 0.1) is 24.7 Å². The Balaban J connectivity index is 1.43. The first-order valence-corrected chi connectivity index (χ1v) is 13.0. The van der Waals surface area contributed by atoms with Gasteiger partial charge in [0.1, 0.15) is 6.54 Å². The van der Waals surface area contributed by atoms with Gasteiger partial charge >= 0.3 is 0 Å². The van der Waals surface area contributed by atoms with Crippen LogP contribution < -0.4 is 0 Å². The number of halogens is 2. The van der Waals surface area contributed by atoms with Crippen LogP contribution in [0.3, 0.4) is 0 Å². The second kappa shape index (κ2) is 10.2. The van der Waals surface area contributed by atoms with Gasteiger partial charge in [0.15, 0.2) is 0 Å². The maximum atomic E-state index is 13.1. The van der Waals surface area contributed by atoms with Crippen molar-refractivity contribution in [1.29, 1.82) is 0 Å². The van der Waals surface area contributed by atoms with E-state index in [0.717, 1.165) is 38.3 Å². The first kappa shape index (κ1) is 24.1. The molecule has 10 heteroatoms. The topological polar surface area (TPSA) is 71.9 Å². The van der Waals surface area contributed by atoms with Gasteiger partial charge in [-0.3, -0.25) is 19.3 Å². The van der Waals surface area contributed by atoms with Crippen LogP contribution >= 0.6 is 39.3 Å². The number of nitrogens with zero attached hydrogens (tertiary/aromatic N) is 3. The summed E-state index contributed by atoms with van der Waals surface area (Å²) in [5.74, 6) is -0.321. The Kier molecular flexibility index (Phi) is 7.02. The SMILES string of the molecule is O=C(Cn1cc(/C=C2\SC(=O)N(Cc3ccc(Cl)cc3)C2=O)c2cc(Br)ccc21)N1CCOCC1. The molecule has 3 aromatic rings. The van der Waals surface area contributed by atoms with Gasteiger partial charge in [-0.2, -0.15) is 0 Å². The van der Waals surface area contributed by atoms with E-state index in [1.54, 1.807) is 35.2 Å². The highest BCUT2D eigenvalue weighted by molar-refractivity contribution is 9.10. The van der Waals surface area contributed by atoms with Crippen LogP contribution in [0.15, 0.2) is 58.0 Å². The lowest BCUT2D eigenvalue weighted by atomic mass is 10.1. The molecule has 0 unspecified atom stereocenters. The summed E-state index contributed by atoms with van der Waals surface area (Å²) in [6.07, 6.45) is 3.60. The minimum absolute atomic E-state index is 0.0166. The fourth-order valence-corrected chi connectivity index (χ4v) is 5.47. The Morgan fingerprint density at radius 3 is 2.60 bits per heavy atom. The number of ether oxygens (including phenoxy) is 1. The number of carbonyl (C=O) groups excluding carboxylic acids is 3. The van der Waals surface area contributed by atoms with E-state index in [1.807, 2.05) is 29.0 Å². The summed E-state index contributed by atoms with van der Waals surface area (Å²) < 4.78 is 8.12. The predicted molar refractivity (Wildman–Crippen MR) is 140 cm³/mol. The van der Waals surface area contributed by atoms with Crippen molar-refractivity contribution < 1.29 is 19.1 Å². The molecule has 0 radical (unpaired) electrons. The van der Waals surface area contributed by atoms with Gasteiger partial charge in [0.25, 0.3) is 11.1 Å². The number of fused-ring (bicyclic) bond motifs is 1. The van der Waals surface area contributed by atoms with Gasteiger partial charge in [-0.15, -0.1) is 0 Å². The third kappa shape index (κ3) is 5.18. The molecule has 2 fully saturated rings. The van der Waals surface area contributed by atoms with E-state index >= 15 is 0 Å². The number of thioether (sulfide) groups is 1. The van der Waals surface area contributed by atoms with Crippen LogP contribution in [0.5, 0.6) is 0 Å². The van der Waals surface area contributed by atoms with Crippen LogP contribution in [0.1, 0.15) is 11.1 Å². The van der Waals surface area contributed by atoms with Crippen molar-refractivity contribution >= 4 is 73.3 Å². The van der Waals surface area contributed by atoms with E-state index in [1.165, 1.54) is 4.90 Å². The molecule has 0 bridgehead atoms. The van der Waals surface area contributed by atoms with Crippen molar-refractivity contribution in [2.45, 2.75) is 13.1 Å². The number of benzene rings is 2. The van der Waals surface area contributed by atoms with Gasteiger partial charge < -0.3 is 14.2 Å². The normalized spacial score (nSPS) is 17.7. The summed E-state index contributed by atoms with van der Waals surface area (Å²) in [7, 11) is 0. The van der Waals surface area contributed by atoms with Crippen molar-refractivity contribution in [1.82, 2.24) is 14.4 Å². The molecular formula is C25H21BrClN3O4S. The van der Waals surface area contributed by atoms with E-state index in [0.29, 0.717) is 36.2 Å².